The molecule has 0 radical (unpaired) electrons. The lowest BCUT2D eigenvalue weighted by Gasteiger charge is -2.49. The van der Waals surface area contributed by atoms with Crippen molar-refractivity contribution in [3.05, 3.63) is 71.5 Å². The Balaban J connectivity index is 1.42. The van der Waals surface area contributed by atoms with Gasteiger partial charge in [0.25, 0.3) is 0 Å². The molecule has 3 aliphatic rings. The highest BCUT2D eigenvalue weighted by Gasteiger charge is 2.52. The van der Waals surface area contributed by atoms with Gasteiger partial charge in [0.1, 0.15) is 12.4 Å². The fraction of sp³-hybridized carbons (Fsp3) is 0.500. The molecule has 3 fully saturated rings. The Hall–Kier alpha value is -2.77. The molecule has 0 N–H and O–H groups in total. The van der Waals surface area contributed by atoms with Crippen LogP contribution in [0, 0.1) is 17.2 Å². The summed E-state index contributed by atoms with van der Waals surface area (Å²) in [4.78, 5) is 27.9. The van der Waals surface area contributed by atoms with Crippen LogP contribution in [0.15, 0.2) is 54.6 Å². The van der Waals surface area contributed by atoms with Crippen LogP contribution >= 0.6 is 0 Å². The molecule has 7 heteroatoms. The van der Waals surface area contributed by atoms with Crippen molar-refractivity contribution >= 4 is 12.0 Å². The van der Waals surface area contributed by atoms with Crippen molar-refractivity contribution < 1.29 is 28.2 Å². The average Bonchev–Trinajstić information content (AvgIpc) is 3.21. The highest BCUT2D eigenvalue weighted by molar-refractivity contribution is 5.95. The van der Waals surface area contributed by atoms with Gasteiger partial charge in [0.15, 0.2) is 5.79 Å². The van der Waals surface area contributed by atoms with Crippen molar-refractivity contribution in [1.29, 1.82) is 0 Å². The zero-order chi connectivity index (χ0) is 24.6. The van der Waals surface area contributed by atoms with E-state index in [-0.39, 0.29) is 23.7 Å². The van der Waals surface area contributed by atoms with E-state index in [0.717, 1.165) is 5.56 Å². The van der Waals surface area contributed by atoms with Crippen molar-refractivity contribution in [2.45, 2.75) is 57.3 Å². The normalized spacial score (nSPS) is 27.6. The molecule has 0 bridgehead atoms. The first-order chi connectivity index (χ1) is 16.8. The van der Waals surface area contributed by atoms with Crippen LogP contribution < -0.4 is 0 Å². The van der Waals surface area contributed by atoms with Gasteiger partial charge in [-0.25, -0.2) is 14.1 Å². The van der Waals surface area contributed by atoms with Crippen molar-refractivity contribution in [2.75, 3.05) is 19.8 Å². The van der Waals surface area contributed by atoms with E-state index in [2.05, 4.69) is 13.8 Å². The zero-order valence-electron chi connectivity index (χ0n) is 20.2. The molecular formula is C28H32FNO5. The number of nitrogens with zero attached hydrogens (tertiary/aromatic N) is 1. The number of carbonyl (C=O) groups excluding carboxylic acids is 2. The fourth-order valence-corrected chi connectivity index (χ4v) is 5.50. The van der Waals surface area contributed by atoms with E-state index in [0.29, 0.717) is 44.5 Å². The first-order valence-electron chi connectivity index (χ1n) is 12.3. The molecule has 0 unspecified atom stereocenters. The van der Waals surface area contributed by atoms with Gasteiger partial charge in [0.2, 0.25) is 5.91 Å². The van der Waals surface area contributed by atoms with Gasteiger partial charge >= 0.3 is 6.09 Å². The molecule has 6 nitrogen and oxygen atoms in total. The van der Waals surface area contributed by atoms with E-state index in [1.54, 1.807) is 18.2 Å². The molecule has 186 valence electrons. The minimum absolute atomic E-state index is 0.102. The molecule has 1 aliphatic carbocycles. The Kier molecular flexibility index (Phi) is 6.40. The molecule has 1 spiro atoms. The number of cyclic esters (lactones) is 1. The van der Waals surface area contributed by atoms with Gasteiger partial charge in [-0.15, -0.1) is 0 Å². The maximum atomic E-state index is 15.0. The van der Waals surface area contributed by atoms with Gasteiger partial charge in [0, 0.05) is 30.1 Å². The second-order valence-electron chi connectivity index (χ2n) is 10.8. The predicted octanol–water partition coefficient (Wildman–Crippen LogP) is 5.07. The Morgan fingerprint density at radius 2 is 1.74 bits per heavy atom. The van der Waals surface area contributed by atoms with Crippen LogP contribution in [-0.2, 0) is 25.4 Å². The maximum absolute atomic E-state index is 15.0. The third kappa shape index (κ3) is 4.84. The lowest BCUT2D eigenvalue weighted by Crippen LogP contribution is -2.53. The van der Waals surface area contributed by atoms with E-state index in [4.69, 9.17) is 14.2 Å². The van der Waals surface area contributed by atoms with Crippen molar-refractivity contribution in [3.8, 4) is 0 Å². The van der Waals surface area contributed by atoms with Crippen LogP contribution in [0.1, 0.15) is 50.2 Å². The molecule has 2 aliphatic heterocycles. The molecule has 35 heavy (non-hydrogen) atoms. The zero-order valence-corrected chi connectivity index (χ0v) is 20.2. The summed E-state index contributed by atoms with van der Waals surface area (Å²) in [7, 11) is 0. The molecule has 2 amide bonds. The first-order valence-corrected chi connectivity index (χ1v) is 12.3. The number of halogens is 1. The van der Waals surface area contributed by atoms with Crippen molar-refractivity contribution in [2.24, 2.45) is 11.3 Å². The van der Waals surface area contributed by atoms with Crippen molar-refractivity contribution in [1.82, 2.24) is 4.90 Å². The standard InChI is InChI=1S/C28H32FNO5/c1-27(2)17-34-28(35-18-27)13-12-22(23(15-28)21-10-6-7-11-24(21)29)25(31)30-20(16-33-26(30)32)14-19-8-4-3-5-9-19/h3-11,20,22-23H,12-18H2,1-2H3/t20-,22-,23+/m1/s1. The summed E-state index contributed by atoms with van der Waals surface area (Å²) >= 11 is 0. The Morgan fingerprint density at radius 1 is 1.06 bits per heavy atom. The average molecular weight is 482 g/mol. The van der Waals surface area contributed by atoms with Crippen LogP contribution in [0.2, 0.25) is 0 Å². The van der Waals surface area contributed by atoms with Gasteiger partial charge in [-0.3, -0.25) is 4.79 Å². The molecule has 2 aromatic carbocycles. The van der Waals surface area contributed by atoms with Crippen LogP contribution in [0.25, 0.3) is 0 Å². The summed E-state index contributed by atoms with van der Waals surface area (Å²) in [6, 6.07) is 15.9. The van der Waals surface area contributed by atoms with Crippen LogP contribution in [0.3, 0.4) is 0 Å². The highest BCUT2D eigenvalue weighted by atomic mass is 19.1. The molecule has 3 atom stereocenters. The van der Waals surface area contributed by atoms with Gasteiger partial charge in [0.05, 0.1) is 19.3 Å². The van der Waals surface area contributed by atoms with Gasteiger partial charge in [-0.05, 0) is 30.0 Å². The SMILES string of the molecule is CC1(C)COC2(CC[C@@H](C(=O)N3C(=O)OC[C@H]3Cc3ccccc3)[C@H](c3ccccc3F)C2)OC1. The minimum Gasteiger partial charge on any atom is -0.447 e. The molecule has 0 aromatic heterocycles. The van der Waals surface area contributed by atoms with Crippen molar-refractivity contribution in [3.63, 3.8) is 0 Å². The third-order valence-electron chi connectivity index (χ3n) is 7.44. The van der Waals surface area contributed by atoms with E-state index < -0.39 is 29.8 Å². The summed E-state index contributed by atoms with van der Waals surface area (Å²) in [5.41, 5.74) is 1.37. The lowest BCUT2D eigenvalue weighted by molar-refractivity contribution is -0.314. The summed E-state index contributed by atoms with van der Waals surface area (Å²) in [5, 5.41) is 0. The predicted molar refractivity (Wildman–Crippen MR) is 127 cm³/mol. The Morgan fingerprint density at radius 3 is 2.46 bits per heavy atom. The number of hydrogen-bond acceptors (Lipinski definition) is 5. The molecule has 2 aromatic rings. The Bertz CT molecular complexity index is 1080. The number of amides is 2. The number of benzene rings is 2. The van der Waals surface area contributed by atoms with E-state index in [9.17, 15) is 9.59 Å². The highest BCUT2D eigenvalue weighted by Crippen LogP contribution is 2.49. The lowest BCUT2D eigenvalue weighted by atomic mass is 9.71. The smallest absolute Gasteiger partial charge is 0.416 e. The van der Waals surface area contributed by atoms with Gasteiger partial charge in [-0.2, -0.15) is 0 Å². The number of carbonyl (C=O) groups is 2. The molecule has 1 saturated carbocycles. The summed E-state index contributed by atoms with van der Waals surface area (Å²) in [6.07, 6.45) is 1.18. The second-order valence-corrected chi connectivity index (χ2v) is 10.8. The quantitative estimate of drug-likeness (QED) is 0.610. The van der Waals surface area contributed by atoms with Gasteiger partial charge in [-0.1, -0.05) is 62.4 Å². The molecular weight excluding hydrogens is 449 g/mol. The van der Waals surface area contributed by atoms with Crippen LogP contribution in [0.4, 0.5) is 9.18 Å². The number of rotatable bonds is 4. The van der Waals surface area contributed by atoms with E-state index in [1.165, 1.54) is 11.0 Å². The van der Waals surface area contributed by atoms with E-state index >= 15 is 4.39 Å². The maximum Gasteiger partial charge on any atom is 0.416 e. The second kappa shape index (κ2) is 9.36. The Labute approximate surface area is 205 Å². The first kappa shape index (κ1) is 23.9. The minimum atomic E-state index is -0.853. The summed E-state index contributed by atoms with van der Waals surface area (Å²) in [5.74, 6) is -2.59. The number of imide groups is 1. The van der Waals surface area contributed by atoms with Gasteiger partial charge < -0.3 is 14.2 Å². The number of hydrogen-bond donors (Lipinski definition) is 0. The van der Waals surface area contributed by atoms with Crippen LogP contribution in [-0.4, -0.2) is 48.5 Å². The monoisotopic (exact) mass is 481 g/mol. The molecule has 2 heterocycles. The molecule has 2 saturated heterocycles. The fourth-order valence-electron chi connectivity index (χ4n) is 5.50. The van der Waals surface area contributed by atoms with E-state index in [1.807, 2.05) is 30.3 Å². The summed E-state index contributed by atoms with van der Waals surface area (Å²) < 4.78 is 32.8. The topological polar surface area (TPSA) is 65.1 Å². The van der Waals surface area contributed by atoms with Crippen LogP contribution in [0.5, 0.6) is 0 Å². The number of ether oxygens (including phenoxy) is 3. The largest absolute Gasteiger partial charge is 0.447 e. The molecule has 5 rings (SSSR count). The third-order valence-corrected chi connectivity index (χ3v) is 7.44. The summed E-state index contributed by atoms with van der Waals surface area (Å²) in [6.45, 7) is 5.38.